The van der Waals surface area contributed by atoms with Gasteiger partial charge in [-0.1, -0.05) is 18.2 Å². The summed E-state index contributed by atoms with van der Waals surface area (Å²) >= 11 is 1.89. The maximum Gasteiger partial charge on any atom is 0.254 e. The summed E-state index contributed by atoms with van der Waals surface area (Å²) in [4.78, 5) is 16.3. The van der Waals surface area contributed by atoms with Crippen molar-refractivity contribution >= 4 is 30.1 Å². The van der Waals surface area contributed by atoms with Crippen LogP contribution in [0.4, 0.5) is 0 Å². The van der Waals surface area contributed by atoms with Gasteiger partial charge in [0.2, 0.25) is 0 Å². The minimum Gasteiger partial charge on any atom is -0.368 e. The van der Waals surface area contributed by atoms with E-state index in [2.05, 4.69) is 29.6 Å². The molecular formula is C18H27ClN2O2S. The van der Waals surface area contributed by atoms with E-state index >= 15 is 0 Å². The molecule has 4 nitrogen and oxygen atoms in total. The van der Waals surface area contributed by atoms with E-state index in [1.165, 1.54) is 4.90 Å². The van der Waals surface area contributed by atoms with E-state index in [1.54, 1.807) is 7.11 Å². The number of nitrogens with one attached hydrogen (secondary N) is 1. The van der Waals surface area contributed by atoms with Crippen LogP contribution in [0.1, 0.15) is 19.3 Å². The van der Waals surface area contributed by atoms with Crippen molar-refractivity contribution in [3.8, 4) is 0 Å². The summed E-state index contributed by atoms with van der Waals surface area (Å²) in [6.45, 7) is 3.47. The fourth-order valence-electron chi connectivity index (χ4n) is 3.51. The van der Waals surface area contributed by atoms with E-state index in [9.17, 15) is 4.79 Å². The summed E-state index contributed by atoms with van der Waals surface area (Å²) in [6, 6.07) is 10.5. The number of rotatable bonds is 5. The summed E-state index contributed by atoms with van der Waals surface area (Å²) in [5.74, 6) is 1.86. The molecule has 1 aromatic carbocycles. The van der Waals surface area contributed by atoms with Gasteiger partial charge in [0, 0.05) is 30.8 Å². The van der Waals surface area contributed by atoms with Crippen molar-refractivity contribution in [3.63, 3.8) is 0 Å². The average Bonchev–Trinajstić information content (AvgIpc) is 3.09. The minimum atomic E-state index is -0.591. The summed E-state index contributed by atoms with van der Waals surface area (Å²) in [5, 5.41) is 3.31. The minimum absolute atomic E-state index is 0. The monoisotopic (exact) mass is 370 g/mol. The van der Waals surface area contributed by atoms with Crippen LogP contribution in [0, 0.1) is 5.92 Å². The quantitative estimate of drug-likeness (QED) is 0.809. The zero-order valence-electron chi connectivity index (χ0n) is 14.2. The number of hydrogen-bond donors (Lipinski definition) is 1. The van der Waals surface area contributed by atoms with Crippen molar-refractivity contribution in [2.24, 2.45) is 5.92 Å². The molecule has 24 heavy (non-hydrogen) atoms. The van der Waals surface area contributed by atoms with Crippen LogP contribution in [-0.2, 0) is 9.53 Å². The molecule has 134 valence electrons. The van der Waals surface area contributed by atoms with Crippen LogP contribution >= 0.6 is 24.2 Å². The molecule has 0 saturated carbocycles. The number of ether oxygens (including phenoxy) is 1. The molecule has 2 aliphatic rings. The lowest BCUT2D eigenvalue weighted by Gasteiger charge is -2.37. The first-order valence-corrected chi connectivity index (χ1v) is 9.45. The Kier molecular flexibility index (Phi) is 7.41. The molecule has 1 N–H and O–H groups in total. The Labute approximate surface area is 155 Å². The van der Waals surface area contributed by atoms with Crippen molar-refractivity contribution in [3.05, 3.63) is 30.3 Å². The van der Waals surface area contributed by atoms with Gasteiger partial charge in [-0.15, -0.1) is 24.2 Å². The summed E-state index contributed by atoms with van der Waals surface area (Å²) < 4.78 is 5.68. The molecular weight excluding hydrogens is 344 g/mol. The Balaban J connectivity index is 0.00000208. The van der Waals surface area contributed by atoms with Gasteiger partial charge in [-0.3, -0.25) is 4.79 Å². The van der Waals surface area contributed by atoms with Crippen molar-refractivity contribution in [2.45, 2.75) is 29.8 Å². The molecule has 0 spiro atoms. The van der Waals surface area contributed by atoms with Gasteiger partial charge in [0.25, 0.3) is 5.91 Å². The molecule has 2 fully saturated rings. The van der Waals surface area contributed by atoms with Gasteiger partial charge in [0.1, 0.15) is 5.60 Å². The fourth-order valence-corrected chi connectivity index (χ4v) is 4.56. The lowest BCUT2D eigenvalue weighted by Crippen LogP contribution is -2.54. The number of hydrogen-bond acceptors (Lipinski definition) is 4. The topological polar surface area (TPSA) is 41.6 Å². The van der Waals surface area contributed by atoms with Crippen molar-refractivity contribution in [1.82, 2.24) is 10.2 Å². The smallest absolute Gasteiger partial charge is 0.254 e. The number of halogens is 1. The number of methoxy groups -OCH3 is 1. The lowest BCUT2D eigenvalue weighted by atomic mass is 9.90. The van der Waals surface area contributed by atoms with Crippen molar-refractivity contribution < 1.29 is 9.53 Å². The first-order valence-electron chi connectivity index (χ1n) is 8.47. The Morgan fingerprint density at radius 2 is 2.04 bits per heavy atom. The van der Waals surface area contributed by atoms with E-state index in [0.29, 0.717) is 5.92 Å². The van der Waals surface area contributed by atoms with Gasteiger partial charge in [0.15, 0.2) is 0 Å². The second kappa shape index (κ2) is 9.09. The Morgan fingerprint density at radius 3 is 2.71 bits per heavy atom. The number of nitrogens with zero attached hydrogens (tertiary/aromatic N) is 1. The maximum atomic E-state index is 12.9. The molecule has 2 saturated heterocycles. The van der Waals surface area contributed by atoms with E-state index < -0.39 is 5.60 Å². The van der Waals surface area contributed by atoms with Crippen LogP contribution in [-0.4, -0.2) is 55.4 Å². The van der Waals surface area contributed by atoms with Crippen molar-refractivity contribution in [1.29, 1.82) is 0 Å². The Morgan fingerprint density at radius 1 is 1.33 bits per heavy atom. The molecule has 2 aliphatic heterocycles. The van der Waals surface area contributed by atoms with E-state index in [4.69, 9.17) is 4.74 Å². The third-order valence-electron chi connectivity index (χ3n) is 4.99. The zero-order valence-corrected chi connectivity index (χ0v) is 15.8. The number of likely N-dealkylation sites (tertiary alicyclic amines) is 1. The van der Waals surface area contributed by atoms with Crippen LogP contribution in [0.2, 0.25) is 0 Å². The molecule has 0 bridgehead atoms. The first kappa shape index (κ1) is 19.6. The van der Waals surface area contributed by atoms with Crippen LogP contribution in [0.25, 0.3) is 0 Å². The second-order valence-corrected chi connectivity index (χ2v) is 7.57. The molecule has 1 amide bonds. The number of carbonyl (C=O) groups excluding carboxylic acids is 1. The molecule has 3 rings (SSSR count). The van der Waals surface area contributed by atoms with Gasteiger partial charge >= 0.3 is 0 Å². The molecule has 0 aliphatic carbocycles. The van der Waals surface area contributed by atoms with Gasteiger partial charge < -0.3 is 15.0 Å². The third-order valence-corrected chi connectivity index (χ3v) is 6.24. The number of thioether (sulfide) groups is 1. The van der Waals surface area contributed by atoms with Gasteiger partial charge in [-0.2, -0.15) is 0 Å². The molecule has 1 unspecified atom stereocenters. The molecule has 1 atom stereocenters. The summed E-state index contributed by atoms with van der Waals surface area (Å²) in [5.41, 5.74) is -0.591. The highest BCUT2D eigenvalue weighted by Crippen LogP contribution is 2.30. The number of piperidine rings is 1. The second-order valence-electron chi connectivity index (χ2n) is 6.48. The number of amides is 1. The summed E-state index contributed by atoms with van der Waals surface area (Å²) in [6.07, 6.45) is 2.66. The van der Waals surface area contributed by atoms with E-state index in [-0.39, 0.29) is 18.3 Å². The third kappa shape index (κ3) is 4.45. The largest absolute Gasteiger partial charge is 0.368 e. The van der Waals surface area contributed by atoms with Crippen LogP contribution in [0.3, 0.4) is 0 Å². The SMILES string of the molecule is COC1(C(=O)N2CCC(CSc3ccccc3)C2)CCNCC1.Cl. The number of carbonyl (C=O) groups is 1. The maximum absolute atomic E-state index is 12.9. The normalized spacial score (nSPS) is 22.9. The Bertz CT molecular complexity index is 523. The van der Waals surface area contributed by atoms with Crippen LogP contribution < -0.4 is 5.32 Å². The highest BCUT2D eigenvalue weighted by Gasteiger charge is 2.43. The standard InChI is InChI=1S/C18H26N2O2S.ClH/c1-22-18(8-10-19-11-9-18)17(21)20-12-7-15(13-20)14-23-16-5-3-2-4-6-16;/h2-6,15,19H,7-14H2,1H3;1H. The van der Waals surface area contributed by atoms with Gasteiger partial charge in [-0.05, 0) is 50.4 Å². The predicted octanol–water partition coefficient (Wildman–Crippen LogP) is 2.82. The molecule has 2 heterocycles. The molecule has 6 heteroatoms. The van der Waals surface area contributed by atoms with E-state index in [1.807, 2.05) is 22.7 Å². The predicted molar refractivity (Wildman–Crippen MR) is 101 cm³/mol. The zero-order chi connectivity index (χ0) is 16.1. The number of benzene rings is 1. The van der Waals surface area contributed by atoms with Gasteiger partial charge in [-0.25, -0.2) is 0 Å². The first-order chi connectivity index (χ1) is 11.2. The lowest BCUT2D eigenvalue weighted by molar-refractivity contribution is -0.157. The Hall–Kier alpha value is -0.750. The van der Waals surface area contributed by atoms with Crippen LogP contribution in [0.15, 0.2) is 35.2 Å². The van der Waals surface area contributed by atoms with Crippen LogP contribution in [0.5, 0.6) is 0 Å². The fraction of sp³-hybridized carbons (Fsp3) is 0.611. The molecule has 0 radical (unpaired) electrons. The average molecular weight is 371 g/mol. The molecule has 1 aromatic rings. The van der Waals surface area contributed by atoms with Crippen molar-refractivity contribution in [2.75, 3.05) is 39.0 Å². The highest BCUT2D eigenvalue weighted by molar-refractivity contribution is 7.99. The molecule has 0 aromatic heterocycles. The summed E-state index contributed by atoms with van der Waals surface area (Å²) in [7, 11) is 1.68. The van der Waals surface area contributed by atoms with Gasteiger partial charge in [0.05, 0.1) is 0 Å². The highest BCUT2D eigenvalue weighted by atomic mass is 35.5. The van der Waals surface area contributed by atoms with E-state index in [0.717, 1.165) is 51.2 Å².